The molecule has 1 saturated heterocycles. The fourth-order valence-electron chi connectivity index (χ4n) is 3.93. The first-order valence-corrected chi connectivity index (χ1v) is 11.7. The Morgan fingerprint density at radius 2 is 1.40 bits per heavy atom. The quantitative estimate of drug-likeness (QED) is 0.346. The highest BCUT2D eigenvalue weighted by Crippen LogP contribution is 2.28. The van der Waals surface area contributed by atoms with Gasteiger partial charge in [0.2, 0.25) is 0 Å². The van der Waals surface area contributed by atoms with Crippen molar-refractivity contribution in [2.75, 3.05) is 6.54 Å². The molecular formula is C27H33NO7. The maximum atomic E-state index is 13.1. The Balaban J connectivity index is 1.76. The zero-order chi connectivity index (χ0) is 25.4. The van der Waals surface area contributed by atoms with Gasteiger partial charge in [-0.15, -0.1) is 0 Å². The molecule has 2 atom stereocenters. The minimum absolute atomic E-state index is 0.0602. The van der Waals surface area contributed by atoms with Gasteiger partial charge in [0, 0.05) is 6.54 Å². The van der Waals surface area contributed by atoms with Crippen LogP contribution < -0.4 is 0 Å². The summed E-state index contributed by atoms with van der Waals surface area (Å²) in [6, 6.07) is 17.3. The van der Waals surface area contributed by atoms with Crippen molar-refractivity contribution in [1.82, 2.24) is 4.90 Å². The van der Waals surface area contributed by atoms with Crippen LogP contribution in [0.25, 0.3) is 0 Å². The van der Waals surface area contributed by atoms with Gasteiger partial charge in [-0.2, -0.15) is 0 Å². The van der Waals surface area contributed by atoms with Crippen molar-refractivity contribution in [2.24, 2.45) is 5.92 Å². The highest BCUT2D eigenvalue weighted by molar-refractivity contribution is 5.95. The van der Waals surface area contributed by atoms with Crippen molar-refractivity contribution in [3.8, 4) is 0 Å². The molecule has 0 aliphatic carbocycles. The van der Waals surface area contributed by atoms with Crippen LogP contribution in [0.2, 0.25) is 0 Å². The summed E-state index contributed by atoms with van der Waals surface area (Å²) in [5.74, 6) is -3.43. The van der Waals surface area contributed by atoms with Crippen LogP contribution >= 0.6 is 0 Å². The monoisotopic (exact) mass is 483 g/mol. The fraction of sp³-hybridized carbons (Fsp3) is 0.444. The van der Waals surface area contributed by atoms with Crippen LogP contribution in [0.3, 0.4) is 0 Å². The van der Waals surface area contributed by atoms with E-state index in [0.29, 0.717) is 19.4 Å². The summed E-state index contributed by atoms with van der Waals surface area (Å²) in [6.07, 6.45) is -1.11. The van der Waals surface area contributed by atoms with E-state index in [0.717, 1.165) is 11.1 Å². The van der Waals surface area contributed by atoms with Crippen molar-refractivity contribution >= 4 is 18.0 Å². The summed E-state index contributed by atoms with van der Waals surface area (Å²) < 4.78 is 16.2. The van der Waals surface area contributed by atoms with Crippen LogP contribution in [-0.4, -0.2) is 52.3 Å². The Labute approximate surface area is 205 Å². The molecule has 0 spiro atoms. The molecule has 35 heavy (non-hydrogen) atoms. The number of rotatable bonds is 8. The molecule has 3 rings (SSSR count). The van der Waals surface area contributed by atoms with Crippen molar-refractivity contribution in [3.05, 3.63) is 71.8 Å². The van der Waals surface area contributed by atoms with E-state index in [2.05, 4.69) is 0 Å². The van der Waals surface area contributed by atoms with Crippen LogP contribution in [-0.2, 0) is 37.0 Å². The Kier molecular flexibility index (Phi) is 8.87. The first-order valence-electron chi connectivity index (χ1n) is 11.7. The molecule has 8 heteroatoms. The minimum atomic E-state index is -1.62. The summed E-state index contributed by atoms with van der Waals surface area (Å²) >= 11 is 0. The van der Waals surface area contributed by atoms with Gasteiger partial charge in [0.25, 0.3) is 0 Å². The van der Waals surface area contributed by atoms with E-state index in [4.69, 9.17) is 14.2 Å². The molecule has 1 N–H and O–H groups in total. The second kappa shape index (κ2) is 11.8. The zero-order valence-corrected chi connectivity index (χ0v) is 20.4. The number of likely N-dealkylation sites (tertiary alicyclic amines) is 1. The fourth-order valence-corrected chi connectivity index (χ4v) is 3.93. The zero-order valence-electron chi connectivity index (χ0n) is 20.4. The number of carbonyl (C=O) groups is 3. The highest BCUT2D eigenvalue weighted by atomic mass is 16.6. The number of hydrogen-bond donors (Lipinski definition) is 1. The van der Waals surface area contributed by atoms with Crippen LogP contribution in [0.1, 0.15) is 44.7 Å². The molecule has 1 aliphatic rings. The number of benzene rings is 2. The van der Waals surface area contributed by atoms with Crippen molar-refractivity contribution in [1.29, 1.82) is 0 Å². The Morgan fingerprint density at radius 3 is 1.86 bits per heavy atom. The van der Waals surface area contributed by atoms with Gasteiger partial charge in [0.15, 0.2) is 5.92 Å². The van der Waals surface area contributed by atoms with Gasteiger partial charge in [-0.25, -0.2) is 4.79 Å². The van der Waals surface area contributed by atoms with E-state index in [1.165, 1.54) is 4.90 Å². The van der Waals surface area contributed by atoms with E-state index in [-0.39, 0.29) is 13.2 Å². The molecule has 1 heterocycles. The van der Waals surface area contributed by atoms with Gasteiger partial charge in [-0.1, -0.05) is 60.7 Å². The topological polar surface area (TPSA) is 102 Å². The van der Waals surface area contributed by atoms with E-state index in [1.807, 2.05) is 12.1 Å². The Morgan fingerprint density at radius 1 is 0.914 bits per heavy atom. The molecule has 0 aromatic heterocycles. The molecule has 0 saturated carbocycles. The van der Waals surface area contributed by atoms with E-state index < -0.39 is 41.7 Å². The summed E-state index contributed by atoms with van der Waals surface area (Å²) in [6.45, 7) is 5.47. The molecule has 0 unspecified atom stereocenters. The normalized spacial score (nSPS) is 16.6. The lowest BCUT2D eigenvalue weighted by Crippen LogP contribution is -2.51. The molecule has 0 bridgehead atoms. The first-order chi connectivity index (χ1) is 16.7. The second-order valence-electron chi connectivity index (χ2n) is 9.54. The standard InChI is InChI=1S/C27H33NO7/c1-27(2,3)35-26(32)28-16-10-15-21(28)23(29)22(24(30)33-17-19-11-6-4-7-12-19)25(31)34-18-20-13-8-5-9-14-20/h4-9,11-14,21-23,29H,10,15-18H2,1-3H3/t21-,23-/m0/s1. The maximum Gasteiger partial charge on any atom is 0.410 e. The average Bonchev–Trinajstić information content (AvgIpc) is 3.32. The number of hydrogen-bond acceptors (Lipinski definition) is 7. The first kappa shape index (κ1) is 26.2. The highest BCUT2D eigenvalue weighted by Gasteiger charge is 2.46. The van der Waals surface area contributed by atoms with Crippen LogP contribution in [0.15, 0.2) is 60.7 Å². The molecule has 8 nitrogen and oxygen atoms in total. The van der Waals surface area contributed by atoms with Crippen LogP contribution in [0.5, 0.6) is 0 Å². The number of ether oxygens (including phenoxy) is 3. The second-order valence-corrected chi connectivity index (χ2v) is 9.54. The third-order valence-electron chi connectivity index (χ3n) is 5.62. The molecule has 188 valence electrons. The predicted molar refractivity (Wildman–Crippen MR) is 128 cm³/mol. The molecule has 1 fully saturated rings. The number of aliphatic hydroxyl groups is 1. The summed E-state index contributed by atoms with van der Waals surface area (Å²) in [4.78, 5) is 40.2. The minimum Gasteiger partial charge on any atom is -0.460 e. The van der Waals surface area contributed by atoms with Crippen molar-refractivity contribution in [3.63, 3.8) is 0 Å². The molecule has 0 radical (unpaired) electrons. The number of amides is 1. The summed E-state index contributed by atoms with van der Waals surface area (Å²) in [5, 5.41) is 11.2. The molecule has 1 aliphatic heterocycles. The molecule has 1 amide bonds. The smallest absolute Gasteiger partial charge is 0.410 e. The SMILES string of the molecule is CC(C)(C)OC(=O)N1CCC[C@H]1[C@H](O)C(C(=O)OCc1ccccc1)C(=O)OCc1ccccc1. The third-order valence-corrected chi connectivity index (χ3v) is 5.62. The lowest BCUT2D eigenvalue weighted by molar-refractivity contribution is -0.171. The van der Waals surface area contributed by atoms with Gasteiger partial charge in [-0.3, -0.25) is 9.59 Å². The summed E-state index contributed by atoms with van der Waals surface area (Å²) in [5.41, 5.74) is 0.753. The van der Waals surface area contributed by atoms with Gasteiger partial charge in [0.05, 0.1) is 12.1 Å². The van der Waals surface area contributed by atoms with Crippen molar-refractivity contribution < 1.29 is 33.7 Å². The summed E-state index contributed by atoms with van der Waals surface area (Å²) in [7, 11) is 0. The van der Waals surface area contributed by atoms with Gasteiger partial charge in [-0.05, 0) is 44.7 Å². The Bertz CT molecular complexity index is 932. The van der Waals surface area contributed by atoms with Gasteiger partial charge in [0.1, 0.15) is 18.8 Å². The third kappa shape index (κ3) is 7.55. The lowest BCUT2D eigenvalue weighted by atomic mass is 9.94. The van der Waals surface area contributed by atoms with Crippen LogP contribution in [0, 0.1) is 5.92 Å². The van der Waals surface area contributed by atoms with Crippen LogP contribution in [0.4, 0.5) is 4.79 Å². The largest absolute Gasteiger partial charge is 0.460 e. The van der Waals surface area contributed by atoms with E-state index in [9.17, 15) is 19.5 Å². The number of nitrogens with zero attached hydrogens (tertiary/aromatic N) is 1. The number of aliphatic hydroxyl groups excluding tert-OH is 1. The molecular weight excluding hydrogens is 450 g/mol. The number of carbonyl (C=O) groups excluding carboxylic acids is 3. The van der Waals surface area contributed by atoms with Crippen molar-refractivity contribution in [2.45, 2.75) is 64.6 Å². The van der Waals surface area contributed by atoms with E-state index in [1.54, 1.807) is 69.3 Å². The van der Waals surface area contributed by atoms with Gasteiger partial charge >= 0.3 is 18.0 Å². The van der Waals surface area contributed by atoms with Gasteiger partial charge < -0.3 is 24.2 Å². The Hall–Kier alpha value is -3.39. The number of esters is 2. The maximum absolute atomic E-state index is 13.1. The predicted octanol–water partition coefficient (Wildman–Crippen LogP) is 3.85. The lowest BCUT2D eigenvalue weighted by Gasteiger charge is -2.33. The molecule has 2 aromatic carbocycles. The molecule has 2 aromatic rings. The van der Waals surface area contributed by atoms with E-state index >= 15 is 0 Å². The average molecular weight is 484 g/mol.